The molecule has 0 aliphatic carbocycles. The zero-order chi connectivity index (χ0) is 23.6. The van der Waals surface area contributed by atoms with Crippen molar-refractivity contribution < 1.29 is 9.53 Å². The molecule has 1 amide bonds. The summed E-state index contributed by atoms with van der Waals surface area (Å²) in [7, 11) is 0. The lowest BCUT2D eigenvalue weighted by atomic mass is 9.72. The van der Waals surface area contributed by atoms with Crippen LogP contribution < -0.4 is 10.2 Å². The average Bonchev–Trinajstić information content (AvgIpc) is 2.73. The van der Waals surface area contributed by atoms with Crippen molar-refractivity contribution in [3.63, 3.8) is 0 Å². The topological polar surface area (TPSA) is 50.7 Å². The van der Waals surface area contributed by atoms with E-state index in [-0.39, 0.29) is 23.3 Å². The minimum Gasteiger partial charge on any atom is -0.484 e. The smallest absolute Gasteiger partial charge is 0.277 e. The van der Waals surface area contributed by atoms with Gasteiger partial charge < -0.3 is 4.74 Å². The van der Waals surface area contributed by atoms with Crippen molar-refractivity contribution in [2.24, 2.45) is 10.5 Å². The molecule has 0 aliphatic heterocycles. The number of hydrogen-bond acceptors (Lipinski definition) is 3. The molecule has 0 saturated heterocycles. The first-order valence-corrected chi connectivity index (χ1v) is 11.0. The fraction of sp³-hybridized carbons (Fsp3) is 0.357. The molecule has 0 unspecified atom stereocenters. The summed E-state index contributed by atoms with van der Waals surface area (Å²) in [5.74, 6) is 0.372. The molecule has 2 aromatic rings. The van der Waals surface area contributed by atoms with Gasteiger partial charge in [-0.25, -0.2) is 5.43 Å². The van der Waals surface area contributed by atoms with Gasteiger partial charge in [0.2, 0.25) is 0 Å². The first-order valence-electron chi connectivity index (χ1n) is 11.0. The Morgan fingerprint density at radius 2 is 1.62 bits per heavy atom. The third-order valence-corrected chi connectivity index (χ3v) is 4.87. The van der Waals surface area contributed by atoms with Gasteiger partial charge in [0.1, 0.15) is 5.75 Å². The maximum absolute atomic E-state index is 12.0. The van der Waals surface area contributed by atoms with E-state index >= 15 is 0 Å². The van der Waals surface area contributed by atoms with E-state index in [0.29, 0.717) is 11.5 Å². The van der Waals surface area contributed by atoms with E-state index < -0.39 is 0 Å². The normalized spacial score (nSPS) is 13.0. The molecule has 0 saturated carbocycles. The van der Waals surface area contributed by atoms with Crippen molar-refractivity contribution in [2.75, 3.05) is 6.61 Å². The van der Waals surface area contributed by atoms with Gasteiger partial charge in [-0.15, -0.1) is 0 Å². The van der Waals surface area contributed by atoms with Crippen LogP contribution in [0.25, 0.3) is 6.08 Å². The maximum atomic E-state index is 12.0. The summed E-state index contributed by atoms with van der Waals surface area (Å²) >= 11 is 0. The Hall–Kier alpha value is -3.14. The van der Waals surface area contributed by atoms with Crippen LogP contribution in [0.1, 0.15) is 59.1 Å². The molecule has 4 nitrogen and oxygen atoms in total. The van der Waals surface area contributed by atoms with Crippen molar-refractivity contribution in [3.8, 4) is 5.75 Å². The molecule has 0 aromatic heterocycles. The van der Waals surface area contributed by atoms with Gasteiger partial charge in [-0.05, 0) is 53.5 Å². The molecule has 0 spiro atoms. The number of carbonyl (C=O) groups is 1. The highest BCUT2D eigenvalue weighted by Crippen LogP contribution is 2.36. The Kier molecular flexibility index (Phi) is 9.01. The average molecular weight is 433 g/mol. The molecule has 32 heavy (non-hydrogen) atoms. The van der Waals surface area contributed by atoms with Crippen molar-refractivity contribution in [3.05, 3.63) is 84.0 Å². The Labute approximate surface area is 193 Å². The highest BCUT2D eigenvalue weighted by molar-refractivity contribution is 5.94. The third kappa shape index (κ3) is 9.34. The van der Waals surface area contributed by atoms with Gasteiger partial charge in [0.15, 0.2) is 6.61 Å². The lowest BCUT2D eigenvalue weighted by Gasteiger charge is -2.33. The van der Waals surface area contributed by atoms with Gasteiger partial charge in [0.25, 0.3) is 5.91 Å². The molecule has 0 heterocycles. The number of rotatable bonds is 9. The molecule has 170 valence electrons. The summed E-state index contributed by atoms with van der Waals surface area (Å²) in [5.41, 5.74) is 5.93. The summed E-state index contributed by atoms with van der Waals surface area (Å²) in [4.78, 5) is 12.0. The van der Waals surface area contributed by atoms with Crippen LogP contribution in [0.5, 0.6) is 5.75 Å². The summed E-state index contributed by atoms with van der Waals surface area (Å²) < 4.78 is 5.61. The fourth-order valence-electron chi connectivity index (χ4n) is 3.72. The minimum atomic E-state index is -0.297. The number of nitrogens with zero attached hydrogens (tertiary/aromatic N) is 1. The van der Waals surface area contributed by atoms with Crippen molar-refractivity contribution in [1.82, 2.24) is 5.43 Å². The summed E-state index contributed by atoms with van der Waals surface area (Å²) in [6.07, 6.45) is 8.74. The van der Waals surface area contributed by atoms with E-state index in [1.807, 2.05) is 73.7 Å². The largest absolute Gasteiger partial charge is 0.484 e. The van der Waals surface area contributed by atoms with Crippen LogP contribution in [-0.2, 0) is 10.2 Å². The number of hydrogen-bond donors (Lipinski definition) is 1. The molecule has 0 radical (unpaired) electrons. The molecule has 1 N–H and O–H groups in total. The Balaban J connectivity index is 1.79. The minimum absolute atomic E-state index is 0.0736. The van der Waals surface area contributed by atoms with Crippen molar-refractivity contribution in [1.29, 1.82) is 0 Å². The van der Waals surface area contributed by atoms with Crippen LogP contribution in [0.4, 0.5) is 0 Å². The highest BCUT2D eigenvalue weighted by atomic mass is 16.5. The van der Waals surface area contributed by atoms with Crippen LogP contribution in [0, 0.1) is 5.41 Å². The van der Waals surface area contributed by atoms with Gasteiger partial charge >= 0.3 is 0 Å². The Morgan fingerprint density at radius 3 is 2.25 bits per heavy atom. The van der Waals surface area contributed by atoms with E-state index in [1.165, 1.54) is 5.56 Å². The second-order valence-corrected chi connectivity index (χ2v) is 9.85. The first kappa shape index (κ1) is 25.1. The van der Waals surface area contributed by atoms with E-state index in [0.717, 1.165) is 12.0 Å². The third-order valence-electron chi connectivity index (χ3n) is 4.87. The van der Waals surface area contributed by atoms with E-state index in [1.54, 1.807) is 0 Å². The number of carbonyl (C=O) groups excluding carboxylic acids is 1. The number of allylic oxidation sites excluding steroid dienone is 3. The molecular formula is C28H36N2O2. The van der Waals surface area contributed by atoms with E-state index in [9.17, 15) is 4.79 Å². The monoisotopic (exact) mass is 432 g/mol. The molecule has 0 atom stereocenters. The van der Waals surface area contributed by atoms with Crippen LogP contribution >= 0.6 is 0 Å². The molecule has 0 aliphatic rings. The van der Waals surface area contributed by atoms with E-state index in [4.69, 9.17) is 4.74 Å². The van der Waals surface area contributed by atoms with Crippen molar-refractivity contribution >= 4 is 17.7 Å². The zero-order valence-electron chi connectivity index (χ0n) is 20.2. The molecule has 2 rings (SSSR count). The molecule has 2 aromatic carbocycles. The van der Waals surface area contributed by atoms with Crippen molar-refractivity contribution in [2.45, 2.75) is 53.4 Å². The molecule has 0 bridgehead atoms. The van der Waals surface area contributed by atoms with Gasteiger partial charge in [-0.3, -0.25) is 4.79 Å². The van der Waals surface area contributed by atoms with Crippen LogP contribution in [-0.4, -0.2) is 18.2 Å². The lowest BCUT2D eigenvalue weighted by Crippen LogP contribution is -2.25. The highest BCUT2D eigenvalue weighted by Gasteiger charge is 2.27. The first-order chi connectivity index (χ1) is 15.0. The quantitative estimate of drug-likeness (QED) is 0.278. The molecular weight excluding hydrogens is 396 g/mol. The molecule has 4 heteroatoms. The lowest BCUT2D eigenvalue weighted by molar-refractivity contribution is -0.123. The van der Waals surface area contributed by atoms with Gasteiger partial charge in [-0.2, -0.15) is 5.10 Å². The zero-order valence-corrected chi connectivity index (χ0v) is 20.2. The summed E-state index contributed by atoms with van der Waals surface area (Å²) in [6.45, 7) is 13.0. The standard InChI is InChI=1S/C28H36N2O2/c1-22(12-10-11-15-23-13-8-7-9-14-23)29-30-26(31)20-32-25-18-16-24(17-19-25)28(5,6)21-27(2,3)4/h7-19H,20-21H2,1-6H3,(H,30,31)/b12-10-,15-11-,29-22+. The fourth-order valence-corrected chi connectivity index (χ4v) is 3.72. The van der Waals surface area contributed by atoms with Crippen LogP contribution in [0.2, 0.25) is 0 Å². The predicted octanol–water partition coefficient (Wildman–Crippen LogP) is 6.54. The van der Waals surface area contributed by atoms with Crippen LogP contribution in [0.3, 0.4) is 0 Å². The van der Waals surface area contributed by atoms with Crippen LogP contribution in [0.15, 0.2) is 77.9 Å². The number of hydrazone groups is 1. The summed E-state index contributed by atoms with van der Waals surface area (Å²) in [6, 6.07) is 18.0. The van der Waals surface area contributed by atoms with Gasteiger partial charge in [0.05, 0.1) is 5.71 Å². The summed E-state index contributed by atoms with van der Waals surface area (Å²) in [5, 5.41) is 4.08. The SMILES string of the molecule is CC(/C=C\C=C/c1ccccc1)=N\NC(=O)COc1ccc(C(C)(C)CC(C)(C)C)cc1. The number of ether oxygens (including phenoxy) is 1. The van der Waals surface area contributed by atoms with Gasteiger partial charge in [0, 0.05) is 0 Å². The number of nitrogens with one attached hydrogen (secondary N) is 1. The number of amides is 1. The second-order valence-electron chi connectivity index (χ2n) is 9.85. The number of benzene rings is 2. The Bertz CT molecular complexity index is 947. The second kappa shape index (κ2) is 11.5. The van der Waals surface area contributed by atoms with E-state index in [2.05, 4.69) is 57.3 Å². The maximum Gasteiger partial charge on any atom is 0.277 e. The molecule has 0 fully saturated rings. The predicted molar refractivity (Wildman–Crippen MR) is 135 cm³/mol. The van der Waals surface area contributed by atoms with Gasteiger partial charge in [-0.1, -0.05) is 95.3 Å². The Morgan fingerprint density at radius 1 is 0.969 bits per heavy atom.